The van der Waals surface area contributed by atoms with Crippen molar-refractivity contribution in [2.75, 3.05) is 20.2 Å². The van der Waals surface area contributed by atoms with Gasteiger partial charge in [0.15, 0.2) is 0 Å². The standard InChI is InChI=1S/C25H26N2O3/c1-3-30-23-15-9-19(10-16-23)18-27(2)24(28)17-26-25(29)22-13-11-21(12-14-22)20-7-5-4-6-8-20/h4-16H,3,17-18H2,1-2H3,(H,26,29). The maximum atomic E-state index is 12.4. The molecule has 0 aromatic heterocycles. The topological polar surface area (TPSA) is 58.6 Å². The van der Waals surface area contributed by atoms with E-state index in [-0.39, 0.29) is 18.4 Å². The first kappa shape index (κ1) is 21.1. The Labute approximate surface area is 177 Å². The third-order valence-corrected chi connectivity index (χ3v) is 4.73. The smallest absolute Gasteiger partial charge is 0.251 e. The number of benzene rings is 3. The van der Waals surface area contributed by atoms with E-state index in [0.29, 0.717) is 18.7 Å². The van der Waals surface area contributed by atoms with Gasteiger partial charge in [-0.15, -0.1) is 0 Å². The highest BCUT2D eigenvalue weighted by atomic mass is 16.5. The van der Waals surface area contributed by atoms with Gasteiger partial charge in [0.2, 0.25) is 5.91 Å². The molecule has 0 bridgehead atoms. The lowest BCUT2D eigenvalue weighted by Crippen LogP contribution is -2.37. The molecule has 5 heteroatoms. The molecule has 0 atom stereocenters. The van der Waals surface area contributed by atoms with E-state index in [9.17, 15) is 9.59 Å². The zero-order valence-electron chi connectivity index (χ0n) is 17.3. The number of carbonyl (C=O) groups excluding carboxylic acids is 2. The van der Waals surface area contributed by atoms with Gasteiger partial charge in [0, 0.05) is 19.2 Å². The molecular formula is C25H26N2O3. The van der Waals surface area contributed by atoms with Crippen molar-refractivity contribution in [3.8, 4) is 16.9 Å². The molecule has 0 saturated heterocycles. The zero-order chi connectivity index (χ0) is 21.3. The molecule has 154 valence electrons. The first-order chi connectivity index (χ1) is 14.6. The van der Waals surface area contributed by atoms with Gasteiger partial charge >= 0.3 is 0 Å². The quantitative estimate of drug-likeness (QED) is 0.616. The molecule has 0 aliphatic rings. The molecule has 0 aliphatic carbocycles. The molecule has 5 nitrogen and oxygen atoms in total. The summed E-state index contributed by atoms with van der Waals surface area (Å²) in [6.45, 7) is 2.97. The Morgan fingerprint density at radius 2 is 1.50 bits per heavy atom. The fourth-order valence-corrected chi connectivity index (χ4v) is 3.06. The molecule has 2 amide bonds. The van der Waals surface area contributed by atoms with Crippen molar-refractivity contribution in [2.24, 2.45) is 0 Å². The average molecular weight is 402 g/mol. The summed E-state index contributed by atoms with van der Waals surface area (Å²) in [7, 11) is 1.72. The van der Waals surface area contributed by atoms with Crippen molar-refractivity contribution in [3.63, 3.8) is 0 Å². The van der Waals surface area contributed by atoms with Gasteiger partial charge in [-0.25, -0.2) is 0 Å². The zero-order valence-corrected chi connectivity index (χ0v) is 17.3. The Morgan fingerprint density at radius 3 is 2.13 bits per heavy atom. The highest BCUT2D eigenvalue weighted by Crippen LogP contribution is 2.19. The highest BCUT2D eigenvalue weighted by molar-refractivity contribution is 5.96. The lowest BCUT2D eigenvalue weighted by Gasteiger charge is -2.18. The van der Waals surface area contributed by atoms with Crippen molar-refractivity contribution < 1.29 is 14.3 Å². The van der Waals surface area contributed by atoms with Crippen LogP contribution in [0.5, 0.6) is 5.75 Å². The van der Waals surface area contributed by atoms with Crippen molar-refractivity contribution >= 4 is 11.8 Å². The fourth-order valence-electron chi connectivity index (χ4n) is 3.06. The van der Waals surface area contributed by atoms with E-state index >= 15 is 0 Å². The molecular weight excluding hydrogens is 376 g/mol. The Hall–Kier alpha value is -3.60. The molecule has 0 saturated carbocycles. The molecule has 3 aromatic rings. The van der Waals surface area contributed by atoms with Crippen LogP contribution in [-0.4, -0.2) is 36.9 Å². The van der Waals surface area contributed by atoms with Crippen molar-refractivity contribution in [1.29, 1.82) is 0 Å². The molecule has 0 spiro atoms. The molecule has 0 aliphatic heterocycles. The molecule has 0 radical (unpaired) electrons. The van der Waals surface area contributed by atoms with Gasteiger partial charge in [-0.3, -0.25) is 9.59 Å². The summed E-state index contributed by atoms with van der Waals surface area (Å²) in [5.41, 5.74) is 3.66. The number of ether oxygens (including phenoxy) is 1. The van der Waals surface area contributed by atoms with E-state index in [2.05, 4.69) is 5.32 Å². The summed E-state index contributed by atoms with van der Waals surface area (Å²) < 4.78 is 5.42. The number of amides is 2. The van der Waals surface area contributed by atoms with Crippen molar-refractivity contribution in [1.82, 2.24) is 10.2 Å². The van der Waals surface area contributed by atoms with Gasteiger partial charge in [0.25, 0.3) is 5.91 Å². The van der Waals surface area contributed by atoms with Crippen LogP contribution in [0.4, 0.5) is 0 Å². The van der Waals surface area contributed by atoms with E-state index in [1.165, 1.54) is 0 Å². The molecule has 0 fully saturated rings. The minimum atomic E-state index is -0.266. The van der Waals surface area contributed by atoms with Gasteiger partial charge < -0.3 is 15.0 Å². The molecule has 1 N–H and O–H groups in total. The van der Waals surface area contributed by atoms with Crippen LogP contribution < -0.4 is 10.1 Å². The number of nitrogens with zero attached hydrogens (tertiary/aromatic N) is 1. The van der Waals surface area contributed by atoms with Gasteiger partial charge in [0.05, 0.1) is 13.2 Å². The van der Waals surface area contributed by atoms with Crippen LogP contribution in [0.3, 0.4) is 0 Å². The van der Waals surface area contributed by atoms with E-state index in [1.54, 1.807) is 24.1 Å². The van der Waals surface area contributed by atoms with Gasteiger partial charge in [-0.2, -0.15) is 0 Å². The number of rotatable bonds is 8. The Kier molecular flexibility index (Phi) is 7.22. The summed E-state index contributed by atoms with van der Waals surface area (Å²) >= 11 is 0. The van der Waals surface area contributed by atoms with E-state index in [4.69, 9.17) is 4.74 Å². The SMILES string of the molecule is CCOc1ccc(CN(C)C(=O)CNC(=O)c2ccc(-c3ccccc3)cc2)cc1. The maximum Gasteiger partial charge on any atom is 0.251 e. The van der Waals surface area contributed by atoms with Crippen LogP contribution in [0.2, 0.25) is 0 Å². The first-order valence-corrected chi connectivity index (χ1v) is 9.96. The highest BCUT2D eigenvalue weighted by Gasteiger charge is 2.12. The maximum absolute atomic E-state index is 12.4. The lowest BCUT2D eigenvalue weighted by atomic mass is 10.0. The van der Waals surface area contributed by atoms with Crippen LogP contribution in [0.15, 0.2) is 78.9 Å². The van der Waals surface area contributed by atoms with Crippen LogP contribution in [0, 0.1) is 0 Å². The minimum Gasteiger partial charge on any atom is -0.494 e. The number of hydrogen-bond donors (Lipinski definition) is 1. The fraction of sp³-hybridized carbons (Fsp3) is 0.200. The Balaban J connectivity index is 1.50. The van der Waals surface area contributed by atoms with E-state index < -0.39 is 0 Å². The molecule has 0 unspecified atom stereocenters. The molecule has 0 heterocycles. The second-order valence-electron chi connectivity index (χ2n) is 6.95. The van der Waals surface area contributed by atoms with Crippen molar-refractivity contribution in [3.05, 3.63) is 90.0 Å². The average Bonchev–Trinajstić information content (AvgIpc) is 2.79. The van der Waals surface area contributed by atoms with Crippen LogP contribution in [0.1, 0.15) is 22.8 Å². The predicted molar refractivity (Wildman–Crippen MR) is 118 cm³/mol. The molecule has 30 heavy (non-hydrogen) atoms. The van der Waals surface area contributed by atoms with Gasteiger partial charge in [-0.05, 0) is 47.9 Å². The summed E-state index contributed by atoms with van der Waals surface area (Å²) in [5, 5.41) is 2.70. The molecule has 3 aromatic carbocycles. The lowest BCUT2D eigenvalue weighted by molar-refractivity contribution is -0.129. The predicted octanol–water partition coefficient (Wildman–Crippen LogP) is 4.14. The number of nitrogens with one attached hydrogen (secondary N) is 1. The monoisotopic (exact) mass is 402 g/mol. The summed E-state index contributed by atoms with van der Waals surface area (Å²) in [6.07, 6.45) is 0. The van der Waals surface area contributed by atoms with Crippen LogP contribution >= 0.6 is 0 Å². The number of carbonyl (C=O) groups is 2. The van der Waals surface area contributed by atoms with Crippen LogP contribution in [-0.2, 0) is 11.3 Å². The summed E-state index contributed by atoms with van der Waals surface area (Å²) in [6, 6.07) is 25.0. The summed E-state index contributed by atoms with van der Waals surface area (Å²) in [4.78, 5) is 26.4. The van der Waals surface area contributed by atoms with Crippen LogP contribution in [0.25, 0.3) is 11.1 Å². The molecule has 3 rings (SSSR count). The second kappa shape index (κ2) is 10.3. The van der Waals surface area contributed by atoms with Gasteiger partial charge in [0.1, 0.15) is 5.75 Å². The normalized spacial score (nSPS) is 10.3. The number of likely N-dealkylation sites (N-methyl/N-ethyl adjacent to an activating group) is 1. The third-order valence-electron chi connectivity index (χ3n) is 4.73. The van der Waals surface area contributed by atoms with Gasteiger partial charge in [-0.1, -0.05) is 54.6 Å². The second-order valence-corrected chi connectivity index (χ2v) is 6.95. The minimum absolute atomic E-state index is 0.0488. The van der Waals surface area contributed by atoms with E-state index in [0.717, 1.165) is 22.4 Å². The van der Waals surface area contributed by atoms with E-state index in [1.807, 2.05) is 73.7 Å². The Bertz CT molecular complexity index is 968. The largest absolute Gasteiger partial charge is 0.494 e. The van der Waals surface area contributed by atoms with Crippen molar-refractivity contribution in [2.45, 2.75) is 13.5 Å². The third kappa shape index (κ3) is 5.70. The Morgan fingerprint density at radius 1 is 0.867 bits per heavy atom. The number of hydrogen-bond acceptors (Lipinski definition) is 3. The first-order valence-electron chi connectivity index (χ1n) is 9.96. The summed E-state index contributed by atoms with van der Waals surface area (Å²) in [5.74, 6) is 0.386.